The zero-order valence-corrected chi connectivity index (χ0v) is 19.5. The Morgan fingerprint density at radius 3 is 2.51 bits per heavy atom. The van der Waals surface area contributed by atoms with Crippen LogP contribution in [0, 0.1) is 18.3 Å². The van der Waals surface area contributed by atoms with Crippen LogP contribution in [0.3, 0.4) is 0 Å². The minimum atomic E-state index is -0.277. The van der Waals surface area contributed by atoms with Crippen molar-refractivity contribution in [2.45, 2.75) is 44.8 Å². The number of anilines is 3. The summed E-state index contributed by atoms with van der Waals surface area (Å²) in [5, 5.41) is 17.8. The number of rotatable bonds is 4. The Bertz CT molecular complexity index is 1460. The summed E-state index contributed by atoms with van der Waals surface area (Å²) >= 11 is 0. The molecule has 1 fully saturated rings. The molecule has 2 aliphatic rings. The quantitative estimate of drug-likeness (QED) is 0.463. The Kier molecular flexibility index (Phi) is 4.67. The van der Waals surface area contributed by atoms with E-state index < -0.39 is 0 Å². The number of pyridine rings is 1. The van der Waals surface area contributed by atoms with Gasteiger partial charge in [0, 0.05) is 23.5 Å². The number of aromatic nitrogens is 6. The lowest BCUT2D eigenvalue weighted by Gasteiger charge is -2.49. The molecule has 1 aliphatic heterocycles. The van der Waals surface area contributed by atoms with Gasteiger partial charge in [-0.3, -0.25) is 0 Å². The molecule has 0 bridgehead atoms. The Morgan fingerprint density at radius 2 is 1.86 bits per heavy atom. The fourth-order valence-corrected chi connectivity index (χ4v) is 4.99. The number of nitriles is 1. The smallest absolute Gasteiger partial charge is 0.219 e. The number of nitrogens with two attached hydrogens (primary N) is 1. The van der Waals surface area contributed by atoms with Gasteiger partial charge in [-0.2, -0.15) is 10.4 Å². The highest BCUT2D eigenvalue weighted by Gasteiger charge is 2.47. The van der Waals surface area contributed by atoms with Crippen LogP contribution in [0.25, 0.3) is 16.8 Å². The van der Waals surface area contributed by atoms with Crippen LogP contribution in [-0.2, 0) is 0 Å². The van der Waals surface area contributed by atoms with Gasteiger partial charge in [-0.25, -0.2) is 24.6 Å². The molecule has 4 aromatic rings. The van der Waals surface area contributed by atoms with Crippen molar-refractivity contribution in [2.75, 3.05) is 16.0 Å². The van der Waals surface area contributed by atoms with E-state index >= 15 is 0 Å². The average Bonchev–Trinajstić information content (AvgIpc) is 3.46. The van der Waals surface area contributed by atoms with Gasteiger partial charge in [0.05, 0.1) is 17.1 Å². The number of hydrogen-bond donors (Lipinski definition) is 2. The number of fused-ring (bicyclic) bond motifs is 1. The van der Waals surface area contributed by atoms with Gasteiger partial charge in [0.2, 0.25) is 5.95 Å². The second kappa shape index (κ2) is 7.77. The van der Waals surface area contributed by atoms with Gasteiger partial charge in [0.1, 0.15) is 35.8 Å². The van der Waals surface area contributed by atoms with Crippen LogP contribution < -0.4 is 16.0 Å². The first kappa shape index (κ1) is 21.0. The Hall–Kier alpha value is -4.52. The predicted octanol–water partition coefficient (Wildman–Crippen LogP) is 3.75. The summed E-state index contributed by atoms with van der Waals surface area (Å²) in [5.74, 6) is 0.914. The highest BCUT2D eigenvalue weighted by atomic mass is 15.4. The van der Waals surface area contributed by atoms with Crippen LogP contribution >= 0.6 is 0 Å². The van der Waals surface area contributed by atoms with E-state index in [1.165, 1.54) is 6.42 Å². The largest absolute Gasteiger partial charge is 0.368 e. The molecule has 3 N–H and O–H groups in total. The normalized spacial score (nSPS) is 17.9. The molecule has 0 amide bonds. The molecule has 1 unspecified atom stereocenters. The van der Waals surface area contributed by atoms with Gasteiger partial charge >= 0.3 is 0 Å². The molecular weight excluding hydrogens is 440 g/mol. The highest BCUT2D eigenvalue weighted by molar-refractivity contribution is 5.83. The van der Waals surface area contributed by atoms with E-state index in [2.05, 4.69) is 61.5 Å². The first-order valence-corrected chi connectivity index (χ1v) is 11.5. The third-order valence-corrected chi connectivity index (χ3v) is 6.95. The van der Waals surface area contributed by atoms with E-state index in [-0.39, 0.29) is 17.7 Å². The summed E-state index contributed by atoms with van der Waals surface area (Å²) in [4.78, 5) is 19.7. The summed E-state index contributed by atoms with van der Waals surface area (Å²) in [6, 6.07) is 12.1. The highest BCUT2D eigenvalue weighted by Crippen LogP contribution is 2.52. The lowest BCUT2D eigenvalue weighted by atomic mass is 9.76. The van der Waals surface area contributed by atoms with Crippen molar-refractivity contribution in [1.82, 2.24) is 29.7 Å². The van der Waals surface area contributed by atoms with Crippen LogP contribution in [0.2, 0.25) is 0 Å². The molecule has 10 nitrogen and oxygen atoms in total. The van der Waals surface area contributed by atoms with E-state index in [1.54, 1.807) is 29.5 Å². The fraction of sp³-hybridized carbons (Fsp3) is 0.280. The van der Waals surface area contributed by atoms with Gasteiger partial charge in [-0.05, 0) is 62.9 Å². The number of benzene rings is 1. The third-order valence-electron chi connectivity index (χ3n) is 6.95. The summed E-state index contributed by atoms with van der Waals surface area (Å²) in [5.41, 5.74) is 11.5. The maximum atomic E-state index is 9.61. The molecule has 0 spiro atoms. The minimum Gasteiger partial charge on any atom is -0.368 e. The van der Waals surface area contributed by atoms with Gasteiger partial charge < -0.3 is 16.0 Å². The van der Waals surface area contributed by atoms with Gasteiger partial charge in [0.25, 0.3) is 0 Å². The van der Waals surface area contributed by atoms with E-state index in [1.807, 2.05) is 13.0 Å². The van der Waals surface area contributed by atoms with Crippen molar-refractivity contribution in [1.29, 1.82) is 5.26 Å². The molecule has 6 rings (SSSR count). The monoisotopic (exact) mass is 464 g/mol. The van der Waals surface area contributed by atoms with E-state index in [9.17, 15) is 5.26 Å². The summed E-state index contributed by atoms with van der Waals surface area (Å²) < 4.78 is 1.72. The van der Waals surface area contributed by atoms with Crippen LogP contribution in [0.15, 0.2) is 49.1 Å². The number of nitrogen functional groups attached to an aromatic ring is 1. The number of nitrogens with zero attached hydrogens (tertiary/aromatic N) is 8. The molecule has 35 heavy (non-hydrogen) atoms. The standard InChI is InChI=1S/C25H24N10/c1-15-30-14-34(33-15)21-7-5-18(11-26)31-22(21)23-32-19-10-16(17-12-28-24(27)29-13-17)4-6-20(19)35(23)25(2)8-3-9-25/h4-7,10,12-14,23,32H,3,8-9H2,1-2H3,(H2,27,28,29). The molecule has 1 atom stereocenters. The van der Waals surface area contributed by atoms with E-state index in [0.717, 1.165) is 46.7 Å². The third kappa shape index (κ3) is 3.44. The lowest BCUT2D eigenvalue weighted by molar-refractivity contribution is 0.242. The number of aryl methyl sites for hydroxylation is 1. The second-order valence-corrected chi connectivity index (χ2v) is 9.28. The molecule has 1 aliphatic carbocycles. The van der Waals surface area contributed by atoms with E-state index in [0.29, 0.717) is 11.5 Å². The zero-order valence-electron chi connectivity index (χ0n) is 19.5. The average molecular weight is 465 g/mol. The molecule has 10 heteroatoms. The van der Waals surface area contributed by atoms with Crippen LogP contribution in [0.4, 0.5) is 17.3 Å². The molecule has 1 saturated carbocycles. The summed E-state index contributed by atoms with van der Waals surface area (Å²) in [6.45, 7) is 4.14. The molecule has 0 radical (unpaired) electrons. The van der Waals surface area contributed by atoms with Crippen LogP contribution in [-0.4, -0.2) is 35.3 Å². The van der Waals surface area contributed by atoms with E-state index in [4.69, 9.17) is 10.7 Å². The summed E-state index contributed by atoms with van der Waals surface area (Å²) in [6.07, 6.45) is 8.19. The predicted molar refractivity (Wildman–Crippen MR) is 132 cm³/mol. The Labute approximate surface area is 202 Å². The molecule has 4 heterocycles. The van der Waals surface area contributed by atoms with Gasteiger partial charge in [0.15, 0.2) is 0 Å². The van der Waals surface area contributed by atoms with Crippen molar-refractivity contribution in [3.05, 3.63) is 66.3 Å². The lowest BCUT2D eigenvalue weighted by Crippen LogP contribution is -2.53. The number of nitrogens with one attached hydrogen (secondary N) is 1. The second-order valence-electron chi connectivity index (χ2n) is 9.28. The van der Waals surface area contributed by atoms with Gasteiger partial charge in [-0.1, -0.05) is 6.07 Å². The van der Waals surface area contributed by atoms with Crippen LogP contribution in [0.5, 0.6) is 0 Å². The zero-order chi connectivity index (χ0) is 24.2. The molecule has 1 aromatic carbocycles. The van der Waals surface area contributed by atoms with Crippen molar-refractivity contribution in [3.63, 3.8) is 0 Å². The number of hydrogen-bond acceptors (Lipinski definition) is 9. The summed E-state index contributed by atoms with van der Waals surface area (Å²) in [7, 11) is 0. The molecule has 3 aromatic heterocycles. The van der Waals surface area contributed by atoms with Crippen molar-refractivity contribution >= 4 is 17.3 Å². The Balaban J connectivity index is 1.49. The van der Waals surface area contributed by atoms with Crippen molar-refractivity contribution < 1.29 is 0 Å². The molecular formula is C25H24N10. The van der Waals surface area contributed by atoms with Gasteiger partial charge in [-0.15, -0.1) is 0 Å². The minimum absolute atomic E-state index is 0.0331. The maximum absolute atomic E-state index is 9.61. The fourth-order valence-electron chi connectivity index (χ4n) is 4.99. The topological polar surface area (TPSA) is 134 Å². The SMILES string of the molecule is Cc1ncn(-c2ccc(C#N)nc2C2Nc3cc(-c4cnc(N)nc4)ccc3N2C2(C)CCC2)n1. The maximum Gasteiger partial charge on any atom is 0.219 e. The van der Waals surface area contributed by atoms with Crippen molar-refractivity contribution in [2.24, 2.45) is 0 Å². The Morgan fingerprint density at radius 1 is 1.09 bits per heavy atom. The first-order valence-electron chi connectivity index (χ1n) is 11.5. The van der Waals surface area contributed by atoms with Crippen molar-refractivity contribution in [3.8, 4) is 22.9 Å². The molecule has 0 saturated heterocycles. The molecule has 174 valence electrons. The van der Waals surface area contributed by atoms with Crippen LogP contribution in [0.1, 0.15) is 49.6 Å². The first-order chi connectivity index (χ1) is 16.9.